The van der Waals surface area contributed by atoms with Gasteiger partial charge in [0.25, 0.3) is 0 Å². The third-order valence-corrected chi connectivity index (χ3v) is 1.91. The smallest absolute Gasteiger partial charge is 0.116 e. The van der Waals surface area contributed by atoms with Gasteiger partial charge in [-0.1, -0.05) is 18.2 Å². The van der Waals surface area contributed by atoms with Crippen molar-refractivity contribution in [2.45, 2.75) is 0 Å². The molecule has 2 N–H and O–H groups in total. The van der Waals surface area contributed by atoms with Crippen LogP contribution >= 0.6 is 0 Å². The highest BCUT2D eigenvalue weighted by Crippen LogP contribution is 2.12. The summed E-state index contributed by atoms with van der Waals surface area (Å²) in [5.74, 6) is 0. The van der Waals surface area contributed by atoms with Crippen molar-refractivity contribution >= 4 is 17.0 Å². The largest absolute Gasteiger partial charge is 0.327 e. The summed E-state index contributed by atoms with van der Waals surface area (Å²) in [7, 11) is 0. The van der Waals surface area contributed by atoms with Gasteiger partial charge in [0.1, 0.15) is 12.5 Å². The molecule has 2 aromatic rings. The molecule has 0 saturated carbocycles. The fourth-order valence-corrected chi connectivity index (χ4v) is 1.25. The first kappa shape index (κ1) is 8.84. The van der Waals surface area contributed by atoms with E-state index < -0.39 is 0 Å². The third-order valence-electron chi connectivity index (χ3n) is 1.91. The number of hydrogen-bond acceptors (Lipinski definition) is 3. The Morgan fingerprint density at radius 3 is 3.21 bits per heavy atom. The molecule has 1 aromatic heterocycles. The predicted molar refractivity (Wildman–Crippen MR) is 56.5 cm³/mol. The van der Waals surface area contributed by atoms with E-state index >= 15 is 0 Å². The van der Waals surface area contributed by atoms with Crippen LogP contribution in [0.25, 0.3) is 17.0 Å². The van der Waals surface area contributed by atoms with E-state index in [-0.39, 0.29) is 0 Å². The van der Waals surface area contributed by atoms with Crippen molar-refractivity contribution < 1.29 is 0 Å². The topological polar surface area (TPSA) is 51.8 Å². The number of hydrogen-bond donors (Lipinski definition) is 1. The molecule has 0 aliphatic heterocycles. The number of nitrogens with two attached hydrogens (primary N) is 1. The van der Waals surface area contributed by atoms with Crippen molar-refractivity contribution in [2.75, 3.05) is 6.54 Å². The summed E-state index contributed by atoms with van der Waals surface area (Å²) < 4.78 is 0. The predicted octanol–water partition coefficient (Wildman–Crippen LogP) is 1.40. The summed E-state index contributed by atoms with van der Waals surface area (Å²) in [5.41, 5.74) is 7.37. The van der Waals surface area contributed by atoms with E-state index in [2.05, 4.69) is 16.2 Å². The fraction of sp³-hybridized carbons (Fsp3) is 0.0909. The van der Waals surface area contributed by atoms with Crippen molar-refractivity contribution in [3.8, 4) is 0 Å². The standard InChI is InChI=1S/C11H10N3/c12-5-1-2-9-3-4-11-10(6-9)7-13-8-14-11/h1-4,6,8H,5,12H2. The lowest BCUT2D eigenvalue weighted by atomic mass is 10.1. The minimum Gasteiger partial charge on any atom is -0.327 e. The van der Waals surface area contributed by atoms with Crippen molar-refractivity contribution in [1.29, 1.82) is 0 Å². The molecule has 2 rings (SSSR count). The maximum atomic E-state index is 5.37. The lowest BCUT2D eigenvalue weighted by Crippen LogP contribution is -1.91. The van der Waals surface area contributed by atoms with Crippen LogP contribution in [0.5, 0.6) is 0 Å². The molecule has 0 bridgehead atoms. The normalized spacial score (nSPS) is 11.2. The van der Waals surface area contributed by atoms with Gasteiger partial charge in [-0.2, -0.15) is 0 Å². The van der Waals surface area contributed by atoms with Crippen molar-refractivity contribution in [3.05, 3.63) is 42.4 Å². The van der Waals surface area contributed by atoms with E-state index in [4.69, 9.17) is 5.73 Å². The van der Waals surface area contributed by atoms with Gasteiger partial charge in [0.15, 0.2) is 0 Å². The van der Waals surface area contributed by atoms with Crippen LogP contribution in [0.2, 0.25) is 0 Å². The summed E-state index contributed by atoms with van der Waals surface area (Å²) in [5, 5.41) is 0.923. The van der Waals surface area contributed by atoms with Crippen LogP contribution in [0.3, 0.4) is 0 Å². The van der Waals surface area contributed by atoms with E-state index in [0.717, 1.165) is 16.5 Å². The molecule has 3 heteroatoms. The van der Waals surface area contributed by atoms with Gasteiger partial charge < -0.3 is 5.73 Å². The van der Waals surface area contributed by atoms with E-state index in [1.807, 2.05) is 30.4 Å². The highest BCUT2D eigenvalue weighted by molar-refractivity contribution is 5.79. The monoisotopic (exact) mass is 184 g/mol. The maximum absolute atomic E-state index is 5.37. The van der Waals surface area contributed by atoms with Gasteiger partial charge >= 0.3 is 0 Å². The minimum atomic E-state index is 0.549. The second-order valence-electron chi connectivity index (χ2n) is 2.90. The van der Waals surface area contributed by atoms with Crippen LogP contribution in [-0.4, -0.2) is 16.5 Å². The van der Waals surface area contributed by atoms with Gasteiger partial charge in [0, 0.05) is 11.9 Å². The number of nitrogens with zero attached hydrogens (tertiary/aromatic N) is 2. The Labute approximate surface area is 82.3 Å². The van der Waals surface area contributed by atoms with Crippen molar-refractivity contribution in [1.82, 2.24) is 9.97 Å². The molecular formula is C11H10N3. The van der Waals surface area contributed by atoms with Crippen molar-refractivity contribution in [2.24, 2.45) is 5.73 Å². The van der Waals surface area contributed by atoms with Gasteiger partial charge in [-0.25, -0.2) is 9.97 Å². The van der Waals surface area contributed by atoms with E-state index in [1.165, 1.54) is 6.33 Å². The second kappa shape index (κ2) is 3.98. The SMILES string of the molecule is NCC=Cc1ccc2ncn[c]c2c1. The fourth-order valence-electron chi connectivity index (χ4n) is 1.25. The highest BCUT2D eigenvalue weighted by Gasteiger charge is 1.94. The molecule has 1 aromatic carbocycles. The lowest BCUT2D eigenvalue weighted by Gasteiger charge is -1.96. The van der Waals surface area contributed by atoms with Crippen molar-refractivity contribution in [3.63, 3.8) is 0 Å². The Hall–Kier alpha value is -1.74. The third kappa shape index (κ3) is 1.78. The molecule has 69 valence electrons. The summed E-state index contributed by atoms with van der Waals surface area (Å²) >= 11 is 0. The molecule has 0 aliphatic rings. The van der Waals surface area contributed by atoms with E-state index in [0.29, 0.717) is 6.54 Å². The molecule has 0 atom stereocenters. The zero-order chi connectivity index (χ0) is 9.80. The zero-order valence-corrected chi connectivity index (χ0v) is 7.64. The molecule has 14 heavy (non-hydrogen) atoms. The summed E-state index contributed by atoms with van der Waals surface area (Å²) in [6, 6.07) is 5.93. The number of fused-ring (bicyclic) bond motifs is 1. The first-order chi connectivity index (χ1) is 6.90. The highest BCUT2D eigenvalue weighted by atomic mass is 14.8. The van der Waals surface area contributed by atoms with Gasteiger partial charge in [0.05, 0.1) is 5.52 Å². The quantitative estimate of drug-likeness (QED) is 0.767. The van der Waals surface area contributed by atoms with Crippen LogP contribution in [0.4, 0.5) is 0 Å². The Morgan fingerprint density at radius 2 is 2.36 bits per heavy atom. The molecule has 0 aliphatic carbocycles. The molecule has 0 amide bonds. The average Bonchev–Trinajstić information content (AvgIpc) is 2.26. The maximum Gasteiger partial charge on any atom is 0.116 e. The number of benzene rings is 1. The first-order valence-electron chi connectivity index (χ1n) is 4.39. The molecular weight excluding hydrogens is 174 g/mol. The molecule has 0 spiro atoms. The van der Waals surface area contributed by atoms with Crippen LogP contribution < -0.4 is 5.73 Å². The Bertz CT molecular complexity index is 463. The van der Waals surface area contributed by atoms with Crippen LogP contribution in [0.1, 0.15) is 5.56 Å². The Kier molecular flexibility index (Phi) is 2.51. The van der Waals surface area contributed by atoms with Crippen LogP contribution in [-0.2, 0) is 0 Å². The van der Waals surface area contributed by atoms with Crippen LogP contribution in [0.15, 0.2) is 30.6 Å². The summed E-state index contributed by atoms with van der Waals surface area (Å²) in [6.07, 6.45) is 8.27. The van der Waals surface area contributed by atoms with Gasteiger partial charge in [-0.3, -0.25) is 0 Å². The molecule has 1 radical (unpaired) electrons. The molecule has 3 nitrogen and oxygen atoms in total. The second-order valence-corrected chi connectivity index (χ2v) is 2.90. The molecule has 0 unspecified atom stereocenters. The molecule has 1 heterocycles. The van der Waals surface area contributed by atoms with E-state index in [9.17, 15) is 0 Å². The summed E-state index contributed by atoms with van der Waals surface area (Å²) in [4.78, 5) is 7.96. The van der Waals surface area contributed by atoms with Gasteiger partial charge in [-0.15, -0.1) is 0 Å². The lowest BCUT2D eigenvalue weighted by molar-refractivity contribution is 1.21. The Morgan fingerprint density at radius 1 is 1.43 bits per heavy atom. The molecule has 0 fully saturated rings. The zero-order valence-electron chi connectivity index (χ0n) is 7.64. The Balaban J connectivity index is 2.46. The molecule has 0 saturated heterocycles. The van der Waals surface area contributed by atoms with E-state index in [1.54, 1.807) is 0 Å². The van der Waals surface area contributed by atoms with Gasteiger partial charge in [-0.05, 0) is 17.7 Å². The summed E-state index contributed by atoms with van der Waals surface area (Å²) in [6.45, 7) is 0.549. The van der Waals surface area contributed by atoms with Crippen LogP contribution in [0, 0.1) is 6.20 Å². The minimum absolute atomic E-state index is 0.549. The number of rotatable bonds is 2. The number of aromatic nitrogens is 2. The first-order valence-corrected chi connectivity index (χ1v) is 4.39. The average molecular weight is 184 g/mol. The van der Waals surface area contributed by atoms with Gasteiger partial charge in [0.2, 0.25) is 0 Å².